The standard InChI is InChI=1S/C8H6BrF2N3/c9-1-4-6(2-12)14-3-5(13)7(4)8(10)11/h3,8H,1,13H2. The molecule has 0 saturated carbocycles. The van der Waals surface area contributed by atoms with Crippen molar-refractivity contribution in [3.63, 3.8) is 0 Å². The molecule has 2 N–H and O–H groups in total. The Hall–Kier alpha value is -1.22. The molecule has 0 aromatic carbocycles. The maximum absolute atomic E-state index is 12.6. The fraction of sp³-hybridized carbons (Fsp3) is 0.250. The lowest BCUT2D eigenvalue weighted by Gasteiger charge is -2.09. The summed E-state index contributed by atoms with van der Waals surface area (Å²) in [7, 11) is 0. The lowest BCUT2D eigenvalue weighted by atomic mass is 10.1. The third kappa shape index (κ3) is 1.82. The molecule has 1 heterocycles. The third-order valence-corrected chi connectivity index (χ3v) is 2.27. The Balaban J connectivity index is 3.45. The first-order chi connectivity index (χ1) is 6.61. The van der Waals surface area contributed by atoms with Crippen molar-refractivity contribution in [2.75, 3.05) is 5.73 Å². The quantitative estimate of drug-likeness (QED) is 0.832. The molecule has 1 aromatic heterocycles. The summed E-state index contributed by atoms with van der Waals surface area (Å²) in [5.74, 6) is 0. The van der Waals surface area contributed by atoms with Crippen LogP contribution in [-0.2, 0) is 5.33 Å². The lowest BCUT2D eigenvalue weighted by Crippen LogP contribution is -2.04. The first-order valence-corrected chi connectivity index (χ1v) is 4.75. The van der Waals surface area contributed by atoms with Crippen LogP contribution in [0.5, 0.6) is 0 Å². The van der Waals surface area contributed by atoms with Crippen molar-refractivity contribution in [1.29, 1.82) is 5.26 Å². The number of hydrogen-bond donors (Lipinski definition) is 1. The number of pyridine rings is 1. The maximum Gasteiger partial charge on any atom is 0.266 e. The average Bonchev–Trinajstić information content (AvgIpc) is 2.16. The molecule has 14 heavy (non-hydrogen) atoms. The summed E-state index contributed by atoms with van der Waals surface area (Å²) in [4.78, 5) is 3.66. The highest BCUT2D eigenvalue weighted by atomic mass is 79.9. The summed E-state index contributed by atoms with van der Waals surface area (Å²) in [5.41, 5.74) is 5.08. The summed E-state index contributed by atoms with van der Waals surface area (Å²) in [6.07, 6.45) is -1.62. The van der Waals surface area contributed by atoms with Crippen molar-refractivity contribution in [3.05, 3.63) is 23.0 Å². The van der Waals surface area contributed by atoms with Gasteiger partial charge in [0.2, 0.25) is 0 Å². The number of aromatic nitrogens is 1. The van der Waals surface area contributed by atoms with Gasteiger partial charge in [-0.1, -0.05) is 15.9 Å². The molecule has 3 nitrogen and oxygen atoms in total. The van der Waals surface area contributed by atoms with Gasteiger partial charge in [0.25, 0.3) is 6.43 Å². The number of alkyl halides is 3. The summed E-state index contributed by atoms with van der Waals surface area (Å²) in [5, 5.41) is 8.76. The smallest absolute Gasteiger partial charge is 0.266 e. The third-order valence-electron chi connectivity index (χ3n) is 1.71. The largest absolute Gasteiger partial charge is 0.397 e. The molecule has 74 valence electrons. The molecular weight excluding hydrogens is 256 g/mol. The lowest BCUT2D eigenvalue weighted by molar-refractivity contribution is 0.151. The normalized spacial score (nSPS) is 10.2. The highest BCUT2D eigenvalue weighted by Gasteiger charge is 2.19. The second kappa shape index (κ2) is 4.33. The fourth-order valence-corrected chi connectivity index (χ4v) is 1.64. The summed E-state index contributed by atoms with van der Waals surface area (Å²) in [6, 6.07) is 1.74. The van der Waals surface area contributed by atoms with E-state index in [4.69, 9.17) is 11.0 Å². The van der Waals surface area contributed by atoms with Crippen LogP contribution >= 0.6 is 15.9 Å². The van der Waals surface area contributed by atoms with Gasteiger partial charge in [-0.25, -0.2) is 13.8 Å². The number of halogens is 3. The second-order valence-corrected chi connectivity index (χ2v) is 3.06. The van der Waals surface area contributed by atoms with E-state index >= 15 is 0 Å². The molecule has 6 heteroatoms. The Morgan fingerprint density at radius 2 is 2.29 bits per heavy atom. The zero-order valence-corrected chi connectivity index (χ0v) is 8.55. The van der Waals surface area contributed by atoms with Crippen LogP contribution in [0.3, 0.4) is 0 Å². The molecule has 1 rings (SSSR count). The van der Waals surface area contributed by atoms with E-state index in [0.29, 0.717) is 0 Å². The van der Waals surface area contributed by atoms with Gasteiger partial charge in [0.15, 0.2) is 0 Å². The summed E-state index contributed by atoms with van der Waals surface area (Å²) < 4.78 is 25.1. The minimum atomic E-state index is -2.70. The van der Waals surface area contributed by atoms with E-state index in [1.165, 1.54) is 0 Å². The van der Waals surface area contributed by atoms with Gasteiger partial charge in [0, 0.05) is 16.5 Å². The molecule has 0 spiro atoms. The number of nitrogens with zero attached hydrogens (tertiary/aromatic N) is 2. The van der Waals surface area contributed by atoms with Gasteiger partial charge in [-0.3, -0.25) is 0 Å². The number of nitriles is 1. The Morgan fingerprint density at radius 3 is 2.71 bits per heavy atom. The van der Waals surface area contributed by atoms with Gasteiger partial charge < -0.3 is 5.73 Å². The highest BCUT2D eigenvalue weighted by Crippen LogP contribution is 2.30. The fourth-order valence-electron chi connectivity index (χ4n) is 1.07. The zero-order valence-electron chi connectivity index (χ0n) is 6.97. The Kier molecular flexibility index (Phi) is 3.36. The van der Waals surface area contributed by atoms with Crippen LogP contribution in [0.15, 0.2) is 6.20 Å². The molecule has 0 amide bonds. The van der Waals surface area contributed by atoms with Crippen molar-refractivity contribution < 1.29 is 8.78 Å². The minimum Gasteiger partial charge on any atom is -0.397 e. The van der Waals surface area contributed by atoms with Crippen LogP contribution < -0.4 is 5.73 Å². The molecule has 0 unspecified atom stereocenters. The van der Waals surface area contributed by atoms with Crippen LogP contribution in [0.1, 0.15) is 23.2 Å². The van der Waals surface area contributed by atoms with E-state index in [0.717, 1.165) is 6.20 Å². The molecule has 0 aliphatic carbocycles. The predicted octanol–water partition coefficient (Wildman–Crippen LogP) is 2.37. The predicted molar refractivity (Wildman–Crippen MR) is 51.0 cm³/mol. The van der Waals surface area contributed by atoms with E-state index in [1.807, 2.05) is 0 Å². The van der Waals surface area contributed by atoms with Crippen molar-refractivity contribution in [2.45, 2.75) is 11.8 Å². The van der Waals surface area contributed by atoms with Gasteiger partial charge in [-0.15, -0.1) is 0 Å². The molecule has 0 saturated heterocycles. The summed E-state index contributed by atoms with van der Waals surface area (Å²) in [6.45, 7) is 0. The molecule has 0 atom stereocenters. The number of rotatable bonds is 2. The van der Waals surface area contributed by atoms with Crippen LogP contribution in [0.25, 0.3) is 0 Å². The Bertz CT molecular complexity index is 387. The first kappa shape index (κ1) is 10.9. The number of hydrogen-bond acceptors (Lipinski definition) is 3. The molecule has 0 bridgehead atoms. The van der Waals surface area contributed by atoms with Crippen molar-refractivity contribution >= 4 is 21.6 Å². The number of nitrogen functional groups attached to an aromatic ring is 1. The van der Waals surface area contributed by atoms with Gasteiger partial charge in [-0.2, -0.15) is 5.26 Å². The van der Waals surface area contributed by atoms with E-state index in [9.17, 15) is 8.78 Å². The number of nitrogens with two attached hydrogens (primary N) is 1. The molecule has 1 aromatic rings. The Morgan fingerprint density at radius 1 is 1.64 bits per heavy atom. The van der Waals surface area contributed by atoms with Crippen LogP contribution in [0.2, 0.25) is 0 Å². The monoisotopic (exact) mass is 261 g/mol. The molecule has 0 radical (unpaired) electrons. The van der Waals surface area contributed by atoms with Crippen LogP contribution in [0.4, 0.5) is 14.5 Å². The van der Waals surface area contributed by atoms with Gasteiger partial charge in [-0.05, 0) is 0 Å². The van der Waals surface area contributed by atoms with Crippen molar-refractivity contribution in [2.24, 2.45) is 0 Å². The van der Waals surface area contributed by atoms with Gasteiger partial charge >= 0.3 is 0 Å². The second-order valence-electron chi connectivity index (χ2n) is 2.50. The average molecular weight is 262 g/mol. The molecule has 0 aliphatic heterocycles. The first-order valence-electron chi connectivity index (χ1n) is 3.63. The van der Waals surface area contributed by atoms with Crippen molar-refractivity contribution in [3.8, 4) is 6.07 Å². The van der Waals surface area contributed by atoms with E-state index in [2.05, 4.69) is 20.9 Å². The van der Waals surface area contributed by atoms with E-state index < -0.39 is 6.43 Å². The minimum absolute atomic E-state index is 0.0219. The van der Waals surface area contributed by atoms with E-state index in [-0.39, 0.29) is 27.8 Å². The van der Waals surface area contributed by atoms with Crippen LogP contribution in [-0.4, -0.2) is 4.98 Å². The molecule has 0 fully saturated rings. The van der Waals surface area contributed by atoms with E-state index in [1.54, 1.807) is 6.07 Å². The van der Waals surface area contributed by atoms with Crippen LogP contribution in [0, 0.1) is 11.3 Å². The van der Waals surface area contributed by atoms with Gasteiger partial charge in [0.05, 0.1) is 11.9 Å². The Labute approximate surface area is 87.7 Å². The molecule has 0 aliphatic rings. The van der Waals surface area contributed by atoms with Crippen molar-refractivity contribution in [1.82, 2.24) is 4.98 Å². The number of anilines is 1. The zero-order chi connectivity index (χ0) is 10.7. The molecular formula is C8H6BrF2N3. The summed E-state index contributed by atoms with van der Waals surface area (Å²) >= 11 is 3.02. The SMILES string of the molecule is N#Cc1ncc(N)c(C(F)F)c1CBr. The maximum atomic E-state index is 12.6. The van der Waals surface area contributed by atoms with Gasteiger partial charge in [0.1, 0.15) is 11.8 Å². The topological polar surface area (TPSA) is 62.7 Å². The highest BCUT2D eigenvalue weighted by molar-refractivity contribution is 9.08.